The molecule has 0 aliphatic heterocycles. The van der Waals surface area contributed by atoms with Crippen LogP contribution in [-0.2, 0) is 16.8 Å². The zero-order valence-corrected chi connectivity index (χ0v) is 12.7. The Bertz CT molecular complexity index is 728. The fourth-order valence-corrected chi connectivity index (χ4v) is 3.34. The molecule has 3 rings (SSSR count). The summed E-state index contributed by atoms with van der Waals surface area (Å²) < 4.78 is 94.0. The summed E-state index contributed by atoms with van der Waals surface area (Å²) in [5, 5.41) is 0. The first kappa shape index (κ1) is 17.3. The van der Waals surface area contributed by atoms with Crippen molar-refractivity contribution in [1.29, 1.82) is 0 Å². The van der Waals surface area contributed by atoms with Gasteiger partial charge in [0.05, 0.1) is 0 Å². The van der Waals surface area contributed by atoms with Crippen LogP contribution in [0.3, 0.4) is 0 Å². The molecule has 1 aromatic rings. The molecule has 4 nitrogen and oxygen atoms in total. The van der Waals surface area contributed by atoms with E-state index in [0.29, 0.717) is 0 Å². The van der Waals surface area contributed by atoms with Gasteiger partial charge < -0.3 is 9.29 Å². The average Bonchev–Trinajstić information content (AvgIpc) is 2.61. The minimum absolute atomic E-state index is 0.283. The van der Waals surface area contributed by atoms with Crippen molar-refractivity contribution in [2.75, 3.05) is 0 Å². The molecule has 1 saturated carbocycles. The second-order valence-corrected chi connectivity index (χ2v) is 6.67. The van der Waals surface area contributed by atoms with Gasteiger partial charge in [-0.3, -0.25) is 9.00 Å². The summed E-state index contributed by atoms with van der Waals surface area (Å²) in [6.07, 6.45) is -5.29. The third-order valence-corrected chi connectivity index (χ3v) is 4.56. The van der Waals surface area contributed by atoms with Crippen molar-refractivity contribution >= 4 is 16.9 Å². The highest BCUT2D eigenvalue weighted by molar-refractivity contribution is 7.78. The van der Waals surface area contributed by atoms with Gasteiger partial charge in [-0.05, 0) is 11.6 Å². The van der Waals surface area contributed by atoms with Gasteiger partial charge >= 0.3 is 5.92 Å². The van der Waals surface area contributed by atoms with E-state index in [1.807, 2.05) is 0 Å². The van der Waals surface area contributed by atoms with Gasteiger partial charge in [-0.1, -0.05) is 17.1 Å². The molecule has 0 N–H and O–H groups in total. The molecule has 1 aromatic carbocycles. The van der Waals surface area contributed by atoms with E-state index in [1.165, 1.54) is 0 Å². The molecule has 0 heterocycles. The van der Waals surface area contributed by atoms with Crippen LogP contribution < -0.4 is 4.74 Å². The lowest BCUT2D eigenvalue weighted by atomic mass is 9.90. The zero-order chi connectivity index (χ0) is 17.9. The van der Waals surface area contributed by atoms with Crippen molar-refractivity contribution in [2.45, 2.75) is 42.7 Å². The molecule has 2 atom stereocenters. The molecule has 0 radical (unpaired) electrons. The lowest BCUT2D eigenvalue weighted by Gasteiger charge is -2.35. The molecule has 0 spiro atoms. The van der Waals surface area contributed by atoms with E-state index in [2.05, 4.69) is 0 Å². The van der Waals surface area contributed by atoms with Crippen molar-refractivity contribution < 1.29 is 40.2 Å². The molecule has 0 amide bonds. The van der Waals surface area contributed by atoms with Crippen LogP contribution in [0.2, 0.25) is 0 Å². The number of rotatable bonds is 4. The Kier molecular flexibility index (Phi) is 3.95. The molecular formula is C14H10F5O4S-. The third-order valence-electron chi connectivity index (χ3n) is 4.01. The second-order valence-electron chi connectivity index (χ2n) is 5.78. The highest BCUT2D eigenvalue weighted by atomic mass is 32.2. The number of ketones is 1. The van der Waals surface area contributed by atoms with E-state index in [-0.39, 0.29) is 5.56 Å². The summed E-state index contributed by atoms with van der Waals surface area (Å²) in [6.45, 7) is 0. The topological polar surface area (TPSA) is 66.4 Å². The van der Waals surface area contributed by atoms with E-state index < -0.39 is 76.5 Å². The lowest BCUT2D eigenvalue weighted by molar-refractivity contribution is -0.135. The van der Waals surface area contributed by atoms with E-state index >= 15 is 0 Å². The van der Waals surface area contributed by atoms with E-state index in [0.717, 1.165) is 12.1 Å². The van der Waals surface area contributed by atoms with Crippen LogP contribution >= 0.6 is 0 Å². The Hall–Kier alpha value is -1.55. The standard InChI is InChI=1S/C14H11F5O4S/c15-11-10-8(23-7-3-13(16,17)4-7)2-1-6(5-24(21)22)9(10)12(20)14(11,18)19/h1-2,7,11H,3-5H2,(H,21,22)/p-1/t11-/m1/s1. The van der Waals surface area contributed by atoms with Crippen LogP contribution in [0.5, 0.6) is 5.75 Å². The smallest absolute Gasteiger partial charge is 0.344 e. The first-order chi connectivity index (χ1) is 11.0. The summed E-state index contributed by atoms with van der Waals surface area (Å²) in [5.74, 6) is -10.3. The maximum absolute atomic E-state index is 14.1. The second kappa shape index (κ2) is 5.48. The average molecular weight is 369 g/mol. The lowest BCUT2D eigenvalue weighted by Crippen LogP contribution is -2.43. The maximum atomic E-state index is 14.1. The largest absolute Gasteiger partial charge is 0.772 e. The summed E-state index contributed by atoms with van der Waals surface area (Å²) in [5.41, 5.74) is -1.81. The fourth-order valence-electron chi connectivity index (χ4n) is 2.85. The summed E-state index contributed by atoms with van der Waals surface area (Å²) in [6, 6.07) is 2.07. The van der Waals surface area contributed by atoms with Gasteiger partial charge in [-0.15, -0.1) is 0 Å². The summed E-state index contributed by atoms with van der Waals surface area (Å²) in [7, 11) is 0. The predicted molar refractivity (Wildman–Crippen MR) is 70.8 cm³/mol. The molecule has 2 aliphatic carbocycles. The van der Waals surface area contributed by atoms with Gasteiger partial charge in [0, 0.05) is 29.7 Å². The molecule has 0 saturated heterocycles. The van der Waals surface area contributed by atoms with Crippen molar-refractivity contribution in [3.8, 4) is 5.75 Å². The van der Waals surface area contributed by atoms with E-state index in [4.69, 9.17) is 4.74 Å². The molecule has 0 bridgehead atoms. The molecule has 10 heteroatoms. The molecule has 0 aromatic heterocycles. The molecular weight excluding hydrogens is 359 g/mol. The van der Waals surface area contributed by atoms with Crippen LogP contribution in [-0.4, -0.2) is 32.5 Å². The minimum atomic E-state index is -4.36. The van der Waals surface area contributed by atoms with Gasteiger partial charge in [-0.25, -0.2) is 13.2 Å². The Morgan fingerprint density at radius 3 is 2.42 bits per heavy atom. The Balaban J connectivity index is 2.01. The predicted octanol–water partition coefficient (Wildman–Crippen LogP) is 3.08. The number of benzene rings is 1. The molecule has 1 fully saturated rings. The van der Waals surface area contributed by atoms with Crippen molar-refractivity contribution in [3.05, 3.63) is 28.8 Å². The minimum Gasteiger partial charge on any atom is -0.772 e. The summed E-state index contributed by atoms with van der Waals surface area (Å²) in [4.78, 5) is 11.8. The number of hydrogen-bond acceptors (Lipinski definition) is 4. The van der Waals surface area contributed by atoms with Crippen molar-refractivity contribution in [3.63, 3.8) is 0 Å². The van der Waals surface area contributed by atoms with E-state index in [9.17, 15) is 35.5 Å². The van der Waals surface area contributed by atoms with Gasteiger partial charge in [-0.2, -0.15) is 8.78 Å². The number of alkyl halides is 5. The Morgan fingerprint density at radius 1 is 1.25 bits per heavy atom. The Morgan fingerprint density at radius 2 is 1.88 bits per heavy atom. The molecule has 24 heavy (non-hydrogen) atoms. The number of carbonyl (C=O) groups excluding carboxylic acids is 1. The third kappa shape index (κ3) is 2.71. The normalized spacial score (nSPS) is 25.9. The highest BCUT2D eigenvalue weighted by Crippen LogP contribution is 2.51. The number of fused-ring (bicyclic) bond motifs is 1. The van der Waals surface area contributed by atoms with Gasteiger partial charge in [0.2, 0.25) is 12.0 Å². The first-order valence-electron chi connectivity index (χ1n) is 6.86. The highest BCUT2D eigenvalue weighted by Gasteiger charge is 2.58. The van der Waals surface area contributed by atoms with Crippen LogP contribution in [0.25, 0.3) is 0 Å². The molecule has 1 unspecified atom stereocenters. The van der Waals surface area contributed by atoms with Crippen LogP contribution in [0.1, 0.15) is 40.5 Å². The molecule has 2 aliphatic rings. The number of carbonyl (C=O) groups is 1. The number of hydrogen-bond donors (Lipinski definition) is 0. The number of Topliss-reactive ketones (excluding diaryl/α,β-unsaturated/α-hetero) is 1. The van der Waals surface area contributed by atoms with Crippen LogP contribution in [0, 0.1) is 0 Å². The van der Waals surface area contributed by atoms with Gasteiger partial charge in [0.1, 0.15) is 11.9 Å². The van der Waals surface area contributed by atoms with Gasteiger partial charge in [0.15, 0.2) is 0 Å². The van der Waals surface area contributed by atoms with Crippen LogP contribution in [0.4, 0.5) is 22.0 Å². The first-order valence-corrected chi connectivity index (χ1v) is 8.10. The zero-order valence-electron chi connectivity index (χ0n) is 11.9. The fraction of sp³-hybridized carbons (Fsp3) is 0.500. The van der Waals surface area contributed by atoms with Crippen LogP contribution in [0.15, 0.2) is 12.1 Å². The Labute approximate surface area is 135 Å². The van der Waals surface area contributed by atoms with E-state index in [1.54, 1.807) is 0 Å². The number of ether oxygens (including phenoxy) is 1. The van der Waals surface area contributed by atoms with Gasteiger partial charge in [0.25, 0.3) is 5.92 Å². The molecule has 132 valence electrons. The monoisotopic (exact) mass is 369 g/mol. The quantitative estimate of drug-likeness (QED) is 0.604. The number of halogens is 5. The van der Waals surface area contributed by atoms with Crippen molar-refractivity contribution in [2.24, 2.45) is 0 Å². The van der Waals surface area contributed by atoms with Crippen molar-refractivity contribution in [1.82, 2.24) is 0 Å². The summed E-state index contributed by atoms with van der Waals surface area (Å²) >= 11 is -2.69. The SMILES string of the molecule is O=C1c2c(CS(=O)[O-])ccc(OC3CC(F)(F)C3)c2[C@@H](F)C1(F)F. The maximum Gasteiger partial charge on any atom is 0.344 e.